The highest BCUT2D eigenvalue weighted by atomic mass is 16.5. The highest BCUT2D eigenvalue weighted by Gasteiger charge is 2.25. The van der Waals surface area contributed by atoms with E-state index in [9.17, 15) is 9.90 Å². The van der Waals surface area contributed by atoms with Gasteiger partial charge in [-0.25, -0.2) is 4.98 Å². The van der Waals surface area contributed by atoms with Crippen molar-refractivity contribution in [2.45, 2.75) is 51.7 Å². The van der Waals surface area contributed by atoms with Crippen LogP contribution in [0.2, 0.25) is 0 Å². The molecular weight excluding hydrogens is 420 g/mol. The second kappa shape index (κ2) is 11.0. The fraction of sp³-hybridized carbons (Fsp3) is 0.417. The number of hydrogen-bond acceptors (Lipinski definition) is 8. The number of nitrogens with zero attached hydrogens (tertiary/aromatic N) is 3. The van der Waals surface area contributed by atoms with Crippen molar-refractivity contribution in [2.75, 3.05) is 24.3 Å². The number of ether oxygens (including phenoxy) is 1. The Morgan fingerprint density at radius 1 is 1.36 bits per heavy atom. The molecule has 5 N–H and O–H groups in total. The molecule has 0 aromatic carbocycles. The van der Waals surface area contributed by atoms with E-state index in [0.29, 0.717) is 35.6 Å². The molecule has 0 saturated heterocycles. The number of aromatic nitrogens is 4. The molecule has 0 amide bonds. The largest absolute Gasteiger partial charge is 0.394 e. The molecule has 3 aromatic rings. The summed E-state index contributed by atoms with van der Waals surface area (Å²) in [4.78, 5) is 28.0. The smallest absolute Gasteiger partial charge is 0.248 e. The van der Waals surface area contributed by atoms with Gasteiger partial charge in [-0.15, -0.1) is 6.58 Å². The number of unbranched alkanes of at least 4 members (excludes halogenated alkanes) is 1. The summed E-state index contributed by atoms with van der Waals surface area (Å²) in [5, 5.41) is 13.3. The number of pyridine rings is 2. The number of nitrogens with one attached hydrogen (secondary N) is 2. The Morgan fingerprint density at radius 3 is 2.91 bits per heavy atom. The number of nitrogens with two attached hydrogens (primary N) is 1. The number of aliphatic hydroxyl groups excluding tert-OH is 1. The van der Waals surface area contributed by atoms with E-state index in [4.69, 9.17) is 10.5 Å². The third-order valence-corrected chi connectivity index (χ3v) is 5.45. The quantitative estimate of drug-likeness (QED) is 0.242. The lowest BCUT2D eigenvalue weighted by Crippen LogP contribution is -2.39. The molecule has 176 valence electrons. The molecule has 0 aliphatic rings. The van der Waals surface area contributed by atoms with Gasteiger partial charge in [-0.2, -0.15) is 4.98 Å². The van der Waals surface area contributed by atoms with Gasteiger partial charge in [0, 0.05) is 29.6 Å². The van der Waals surface area contributed by atoms with E-state index in [1.54, 1.807) is 18.5 Å². The molecule has 9 nitrogen and oxygen atoms in total. The summed E-state index contributed by atoms with van der Waals surface area (Å²) in [5.41, 5.74) is 8.53. The molecule has 0 aliphatic heterocycles. The summed E-state index contributed by atoms with van der Waals surface area (Å²) < 4.78 is 5.69. The van der Waals surface area contributed by atoms with E-state index < -0.39 is 5.54 Å². The van der Waals surface area contributed by atoms with Crippen molar-refractivity contribution >= 4 is 22.8 Å². The molecule has 0 spiro atoms. The predicted molar refractivity (Wildman–Crippen MR) is 131 cm³/mol. The highest BCUT2D eigenvalue weighted by molar-refractivity contribution is 5.89. The van der Waals surface area contributed by atoms with Gasteiger partial charge in [0.15, 0.2) is 5.82 Å². The third-order valence-electron chi connectivity index (χ3n) is 5.45. The van der Waals surface area contributed by atoms with Crippen LogP contribution in [0.1, 0.15) is 45.1 Å². The van der Waals surface area contributed by atoms with Crippen molar-refractivity contribution < 1.29 is 9.84 Å². The van der Waals surface area contributed by atoms with Gasteiger partial charge in [0.05, 0.1) is 30.9 Å². The standard InChI is InChI=1S/C24H32N6O3/c1-4-6-8-24(3,15-31)30-22-21-19(28-23(25)29-22)10-16(12-27-21)18-11-20(32)26-13-17(18)14-33-9-7-5-2/h5,10-13,31H,2,4,6-9,14-15H2,1,3H3,(H,26,32)(H3,25,28,29,30)/t24-/m1/s1. The van der Waals surface area contributed by atoms with Crippen molar-refractivity contribution in [1.82, 2.24) is 19.9 Å². The number of nitrogen functional groups attached to an aromatic ring is 1. The van der Waals surface area contributed by atoms with Crippen LogP contribution < -0.4 is 16.6 Å². The van der Waals surface area contributed by atoms with E-state index in [1.807, 2.05) is 13.0 Å². The fourth-order valence-corrected chi connectivity index (χ4v) is 3.54. The van der Waals surface area contributed by atoms with Crippen molar-refractivity contribution in [3.8, 4) is 11.1 Å². The van der Waals surface area contributed by atoms with Gasteiger partial charge >= 0.3 is 0 Å². The van der Waals surface area contributed by atoms with Crippen molar-refractivity contribution in [2.24, 2.45) is 0 Å². The van der Waals surface area contributed by atoms with Crippen molar-refractivity contribution in [1.29, 1.82) is 0 Å². The number of aromatic amines is 1. The first kappa shape index (κ1) is 24.3. The molecular formula is C24H32N6O3. The summed E-state index contributed by atoms with van der Waals surface area (Å²) in [6, 6.07) is 3.35. The molecule has 0 radical (unpaired) electrons. The number of rotatable bonds is 12. The maximum absolute atomic E-state index is 12.0. The first-order chi connectivity index (χ1) is 15.9. The maximum Gasteiger partial charge on any atom is 0.248 e. The lowest BCUT2D eigenvalue weighted by Gasteiger charge is -2.29. The van der Waals surface area contributed by atoms with E-state index in [0.717, 1.165) is 36.8 Å². The van der Waals surface area contributed by atoms with E-state index in [1.165, 1.54) is 6.07 Å². The minimum absolute atomic E-state index is 0.0571. The molecule has 0 saturated carbocycles. The zero-order valence-corrected chi connectivity index (χ0v) is 19.2. The van der Waals surface area contributed by atoms with Crippen LogP contribution >= 0.6 is 0 Å². The first-order valence-corrected chi connectivity index (χ1v) is 11.1. The topological polar surface area (TPSA) is 139 Å². The fourth-order valence-electron chi connectivity index (χ4n) is 3.54. The Hall–Kier alpha value is -3.30. The molecule has 3 heterocycles. The van der Waals surface area contributed by atoms with E-state index >= 15 is 0 Å². The Kier molecular flexibility index (Phi) is 8.13. The van der Waals surface area contributed by atoms with Gasteiger partial charge in [-0.1, -0.05) is 25.8 Å². The maximum atomic E-state index is 12.0. The summed E-state index contributed by atoms with van der Waals surface area (Å²) in [6.07, 6.45) is 8.61. The molecule has 0 fully saturated rings. The van der Waals surface area contributed by atoms with Crippen LogP contribution in [-0.4, -0.2) is 43.8 Å². The molecule has 9 heteroatoms. The minimum Gasteiger partial charge on any atom is -0.394 e. The van der Waals surface area contributed by atoms with E-state index in [-0.39, 0.29) is 18.1 Å². The lowest BCUT2D eigenvalue weighted by molar-refractivity contribution is 0.125. The number of fused-ring (bicyclic) bond motifs is 1. The van der Waals surface area contributed by atoms with Crippen LogP contribution in [0.4, 0.5) is 11.8 Å². The monoisotopic (exact) mass is 452 g/mol. The van der Waals surface area contributed by atoms with Gasteiger partial charge in [-0.3, -0.25) is 9.78 Å². The SMILES string of the molecule is C=CCCOCc1c[nH]c(=O)cc1-c1cnc2c(N[C@@](C)(CO)CCCC)nc(N)nc2c1. The normalized spacial score (nSPS) is 13.1. The Morgan fingerprint density at radius 2 is 2.18 bits per heavy atom. The second-order valence-corrected chi connectivity index (χ2v) is 8.34. The molecule has 3 aromatic heterocycles. The van der Waals surface area contributed by atoms with Crippen LogP contribution in [0.3, 0.4) is 0 Å². The Balaban J connectivity index is 1.99. The van der Waals surface area contributed by atoms with Gasteiger partial charge in [0.2, 0.25) is 11.5 Å². The minimum atomic E-state index is -0.563. The van der Waals surface area contributed by atoms with Gasteiger partial charge in [0.25, 0.3) is 0 Å². The van der Waals surface area contributed by atoms with Crippen molar-refractivity contribution in [3.05, 3.63) is 53.1 Å². The summed E-state index contributed by atoms with van der Waals surface area (Å²) in [6.45, 7) is 8.55. The van der Waals surface area contributed by atoms with Crippen LogP contribution in [0, 0.1) is 0 Å². The summed E-state index contributed by atoms with van der Waals surface area (Å²) in [7, 11) is 0. The predicted octanol–water partition coefficient (Wildman–Crippen LogP) is 3.41. The molecule has 0 unspecified atom stereocenters. The molecule has 33 heavy (non-hydrogen) atoms. The van der Waals surface area contributed by atoms with Crippen LogP contribution in [0.25, 0.3) is 22.2 Å². The lowest BCUT2D eigenvalue weighted by atomic mass is 9.96. The Labute approximate surface area is 193 Å². The zero-order chi connectivity index (χ0) is 23.8. The van der Waals surface area contributed by atoms with Crippen LogP contribution in [0.5, 0.6) is 0 Å². The van der Waals surface area contributed by atoms with Crippen LogP contribution in [0.15, 0.2) is 42.0 Å². The number of hydrogen-bond donors (Lipinski definition) is 4. The number of H-pyrrole nitrogens is 1. The number of anilines is 2. The molecule has 0 aliphatic carbocycles. The number of aliphatic hydroxyl groups is 1. The summed E-state index contributed by atoms with van der Waals surface area (Å²) >= 11 is 0. The molecule has 3 rings (SSSR count). The second-order valence-electron chi connectivity index (χ2n) is 8.34. The molecule has 0 bridgehead atoms. The zero-order valence-electron chi connectivity index (χ0n) is 19.2. The highest BCUT2D eigenvalue weighted by Crippen LogP contribution is 2.29. The van der Waals surface area contributed by atoms with Gasteiger partial charge in [-0.05, 0) is 31.4 Å². The average Bonchev–Trinajstić information content (AvgIpc) is 2.80. The van der Waals surface area contributed by atoms with E-state index in [2.05, 4.69) is 38.8 Å². The van der Waals surface area contributed by atoms with Gasteiger partial charge in [0.1, 0.15) is 5.52 Å². The van der Waals surface area contributed by atoms with Gasteiger partial charge < -0.3 is 25.9 Å². The Bertz CT molecular complexity index is 1160. The first-order valence-electron chi connectivity index (χ1n) is 11.1. The average molecular weight is 453 g/mol. The summed E-state index contributed by atoms with van der Waals surface area (Å²) in [5.74, 6) is 0.564. The van der Waals surface area contributed by atoms with Crippen LogP contribution in [-0.2, 0) is 11.3 Å². The molecule has 1 atom stereocenters. The van der Waals surface area contributed by atoms with Crippen molar-refractivity contribution in [3.63, 3.8) is 0 Å². The third kappa shape index (κ3) is 6.15.